The minimum absolute atomic E-state index is 0.247. The minimum atomic E-state index is -1.01. The van der Waals surface area contributed by atoms with Gasteiger partial charge in [0.25, 0.3) is 5.91 Å². The average Bonchev–Trinajstić information content (AvgIpc) is 2.89. The van der Waals surface area contributed by atoms with Gasteiger partial charge in [-0.25, -0.2) is 9.78 Å². The molecule has 6 heteroatoms. The minimum Gasteiger partial charge on any atom is -0.478 e. The number of benzene rings is 1. The maximum absolute atomic E-state index is 11.8. The average molecular weight is 274 g/mol. The van der Waals surface area contributed by atoms with Gasteiger partial charge in [-0.05, 0) is 23.8 Å². The maximum atomic E-state index is 11.8. The lowest BCUT2D eigenvalue weighted by atomic mass is 10.1. The highest BCUT2D eigenvalue weighted by molar-refractivity contribution is 7.13. The SMILES string of the molecule is O=C(O)/C=C/c1ccc(C(=O)Nc2nccs2)cc1. The number of hydrogen-bond acceptors (Lipinski definition) is 4. The molecule has 0 aliphatic carbocycles. The zero-order valence-corrected chi connectivity index (χ0v) is 10.6. The molecule has 1 amide bonds. The van der Waals surface area contributed by atoms with Crippen LogP contribution >= 0.6 is 11.3 Å². The van der Waals surface area contributed by atoms with E-state index in [9.17, 15) is 9.59 Å². The number of carbonyl (C=O) groups excluding carboxylic acids is 1. The van der Waals surface area contributed by atoms with Gasteiger partial charge in [-0.1, -0.05) is 12.1 Å². The molecule has 0 bridgehead atoms. The number of anilines is 1. The Bertz CT molecular complexity index is 603. The summed E-state index contributed by atoms with van der Waals surface area (Å²) < 4.78 is 0. The van der Waals surface area contributed by atoms with E-state index >= 15 is 0 Å². The van der Waals surface area contributed by atoms with Crippen LogP contribution in [0.25, 0.3) is 6.08 Å². The van der Waals surface area contributed by atoms with Crippen molar-refractivity contribution < 1.29 is 14.7 Å². The second kappa shape index (κ2) is 5.92. The Morgan fingerprint density at radius 1 is 1.26 bits per heavy atom. The van der Waals surface area contributed by atoms with E-state index in [0.29, 0.717) is 16.3 Å². The Hall–Kier alpha value is -2.47. The Kier molecular flexibility index (Phi) is 4.04. The van der Waals surface area contributed by atoms with Crippen molar-refractivity contribution in [3.63, 3.8) is 0 Å². The smallest absolute Gasteiger partial charge is 0.328 e. The molecule has 0 atom stereocenters. The van der Waals surface area contributed by atoms with E-state index < -0.39 is 5.97 Å². The van der Waals surface area contributed by atoms with Crippen LogP contribution in [0.3, 0.4) is 0 Å². The molecule has 2 N–H and O–H groups in total. The Balaban J connectivity index is 2.05. The van der Waals surface area contributed by atoms with Crippen LogP contribution in [0.4, 0.5) is 5.13 Å². The lowest BCUT2D eigenvalue weighted by Crippen LogP contribution is -2.11. The van der Waals surface area contributed by atoms with Crippen molar-refractivity contribution in [3.05, 3.63) is 53.0 Å². The van der Waals surface area contributed by atoms with Crippen molar-refractivity contribution in [2.75, 3.05) is 5.32 Å². The lowest BCUT2D eigenvalue weighted by Gasteiger charge is -2.01. The fourth-order valence-electron chi connectivity index (χ4n) is 1.37. The normalized spacial score (nSPS) is 10.5. The molecule has 1 heterocycles. The Morgan fingerprint density at radius 3 is 2.58 bits per heavy atom. The van der Waals surface area contributed by atoms with E-state index in [2.05, 4.69) is 10.3 Å². The maximum Gasteiger partial charge on any atom is 0.328 e. The van der Waals surface area contributed by atoms with Crippen molar-refractivity contribution in [3.8, 4) is 0 Å². The number of carboxylic acid groups (broad SMARTS) is 1. The predicted molar refractivity (Wildman–Crippen MR) is 73.2 cm³/mol. The molecular weight excluding hydrogens is 264 g/mol. The fourth-order valence-corrected chi connectivity index (χ4v) is 1.89. The molecule has 1 aromatic carbocycles. The summed E-state index contributed by atoms with van der Waals surface area (Å²) in [6.45, 7) is 0. The number of thiazole rings is 1. The summed E-state index contributed by atoms with van der Waals surface area (Å²) in [6, 6.07) is 6.61. The predicted octanol–water partition coefficient (Wildman–Crippen LogP) is 2.49. The van der Waals surface area contributed by atoms with Crippen molar-refractivity contribution in [2.24, 2.45) is 0 Å². The van der Waals surface area contributed by atoms with Gasteiger partial charge in [-0.2, -0.15) is 0 Å². The highest BCUT2D eigenvalue weighted by Gasteiger charge is 2.06. The summed E-state index contributed by atoms with van der Waals surface area (Å²) in [5.41, 5.74) is 1.20. The van der Waals surface area contributed by atoms with Gasteiger partial charge in [0, 0.05) is 23.2 Å². The summed E-state index contributed by atoms with van der Waals surface area (Å²) >= 11 is 1.34. The molecule has 0 spiro atoms. The highest BCUT2D eigenvalue weighted by atomic mass is 32.1. The standard InChI is InChI=1S/C13H10N2O3S/c16-11(17)6-3-9-1-4-10(5-2-9)12(18)15-13-14-7-8-19-13/h1-8H,(H,16,17)(H,14,15,18)/b6-3+. The molecule has 0 fully saturated rings. The monoisotopic (exact) mass is 274 g/mol. The molecule has 19 heavy (non-hydrogen) atoms. The first kappa shape index (κ1) is 13.0. The highest BCUT2D eigenvalue weighted by Crippen LogP contribution is 2.13. The molecule has 0 radical (unpaired) electrons. The second-order valence-corrected chi connectivity index (χ2v) is 4.48. The van der Waals surface area contributed by atoms with Crippen molar-refractivity contribution in [1.82, 2.24) is 4.98 Å². The van der Waals surface area contributed by atoms with Gasteiger partial charge < -0.3 is 5.11 Å². The molecule has 0 unspecified atom stereocenters. The molecule has 0 saturated carbocycles. The number of amides is 1. The molecule has 5 nitrogen and oxygen atoms in total. The number of carbonyl (C=O) groups is 2. The number of aliphatic carboxylic acids is 1. The Labute approximate surface area is 113 Å². The van der Waals surface area contributed by atoms with Crippen LogP contribution in [0.2, 0.25) is 0 Å². The van der Waals surface area contributed by atoms with Gasteiger partial charge in [0.05, 0.1) is 0 Å². The van der Waals surface area contributed by atoms with Crippen molar-refractivity contribution >= 4 is 34.4 Å². The van der Waals surface area contributed by atoms with E-state index in [1.54, 1.807) is 35.8 Å². The largest absolute Gasteiger partial charge is 0.478 e. The van der Waals surface area contributed by atoms with E-state index in [1.165, 1.54) is 17.4 Å². The molecule has 2 rings (SSSR count). The van der Waals surface area contributed by atoms with Crippen LogP contribution in [0.15, 0.2) is 41.9 Å². The number of nitrogens with one attached hydrogen (secondary N) is 1. The number of rotatable bonds is 4. The first-order chi connectivity index (χ1) is 9.15. The summed E-state index contributed by atoms with van der Waals surface area (Å²) in [4.78, 5) is 26.2. The molecule has 0 aliphatic rings. The Morgan fingerprint density at radius 2 is 2.00 bits per heavy atom. The van der Waals surface area contributed by atoms with E-state index in [-0.39, 0.29) is 5.91 Å². The molecule has 0 aliphatic heterocycles. The summed E-state index contributed by atoms with van der Waals surface area (Å²) in [5.74, 6) is -1.26. The molecule has 96 valence electrons. The summed E-state index contributed by atoms with van der Waals surface area (Å²) in [6.07, 6.45) is 4.12. The van der Waals surface area contributed by atoms with E-state index in [0.717, 1.165) is 6.08 Å². The third-order valence-electron chi connectivity index (χ3n) is 2.24. The molecule has 1 aromatic heterocycles. The van der Waals surface area contributed by atoms with Gasteiger partial charge in [-0.3, -0.25) is 10.1 Å². The van der Waals surface area contributed by atoms with Crippen LogP contribution in [-0.2, 0) is 4.79 Å². The first-order valence-electron chi connectivity index (χ1n) is 5.37. The van der Waals surface area contributed by atoms with E-state index in [4.69, 9.17) is 5.11 Å². The number of aromatic nitrogens is 1. The van der Waals surface area contributed by atoms with Gasteiger partial charge in [0.2, 0.25) is 0 Å². The molecule has 0 saturated heterocycles. The topological polar surface area (TPSA) is 79.3 Å². The van der Waals surface area contributed by atoms with E-state index in [1.807, 2.05) is 0 Å². The van der Waals surface area contributed by atoms with Gasteiger partial charge in [0.15, 0.2) is 5.13 Å². The van der Waals surface area contributed by atoms with Crippen molar-refractivity contribution in [1.29, 1.82) is 0 Å². The van der Waals surface area contributed by atoms with Gasteiger partial charge in [-0.15, -0.1) is 11.3 Å². The molecule has 2 aromatic rings. The lowest BCUT2D eigenvalue weighted by molar-refractivity contribution is -0.131. The van der Waals surface area contributed by atoms with Crippen LogP contribution in [0.5, 0.6) is 0 Å². The summed E-state index contributed by atoms with van der Waals surface area (Å²) in [7, 11) is 0. The zero-order chi connectivity index (χ0) is 13.7. The molecular formula is C13H10N2O3S. The number of hydrogen-bond donors (Lipinski definition) is 2. The van der Waals surface area contributed by atoms with Gasteiger partial charge >= 0.3 is 5.97 Å². The zero-order valence-electron chi connectivity index (χ0n) is 9.74. The number of nitrogens with zero attached hydrogens (tertiary/aromatic N) is 1. The third kappa shape index (κ3) is 3.75. The third-order valence-corrected chi connectivity index (χ3v) is 2.93. The van der Waals surface area contributed by atoms with Crippen LogP contribution < -0.4 is 5.32 Å². The first-order valence-corrected chi connectivity index (χ1v) is 6.25. The fraction of sp³-hybridized carbons (Fsp3) is 0. The quantitative estimate of drug-likeness (QED) is 0.839. The van der Waals surface area contributed by atoms with Crippen LogP contribution in [-0.4, -0.2) is 22.0 Å². The summed E-state index contributed by atoms with van der Waals surface area (Å²) in [5, 5.41) is 13.5. The van der Waals surface area contributed by atoms with Crippen molar-refractivity contribution in [2.45, 2.75) is 0 Å². The van der Waals surface area contributed by atoms with Crippen LogP contribution in [0.1, 0.15) is 15.9 Å². The second-order valence-electron chi connectivity index (χ2n) is 3.58. The number of carboxylic acids is 1. The van der Waals surface area contributed by atoms with Crippen LogP contribution in [0, 0.1) is 0 Å². The van der Waals surface area contributed by atoms with Gasteiger partial charge in [0.1, 0.15) is 0 Å².